The molecule has 0 saturated heterocycles. The lowest BCUT2D eigenvalue weighted by atomic mass is 10.2. The fraction of sp³-hybridized carbons (Fsp3) is 0.167. The molecule has 2 N–H and O–H groups in total. The maximum Gasteiger partial charge on any atom is 0.193 e. The molecule has 0 fully saturated rings. The van der Waals surface area contributed by atoms with Gasteiger partial charge in [0.25, 0.3) is 0 Å². The first-order chi connectivity index (χ1) is 7.78. The van der Waals surface area contributed by atoms with Gasteiger partial charge in [-0.15, -0.1) is 0 Å². The summed E-state index contributed by atoms with van der Waals surface area (Å²) in [6.07, 6.45) is 0. The zero-order valence-corrected chi connectivity index (χ0v) is 9.37. The van der Waals surface area contributed by atoms with Crippen molar-refractivity contribution in [2.45, 2.75) is 13.2 Å². The highest BCUT2D eigenvalue weighted by molar-refractivity contribution is 6.28. The van der Waals surface area contributed by atoms with Gasteiger partial charge in [0.15, 0.2) is 5.22 Å². The van der Waals surface area contributed by atoms with Crippen LogP contribution in [0.2, 0.25) is 5.22 Å². The number of aliphatic hydroxyl groups is 1. The number of nitrogens with one attached hydrogen (secondary N) is 1. The van der Waals surface area contributed by atoms with E-state index in [2.05, 4.69) is 5.32 Å². The zero-order valence-electron chi connectivity index (χ0n) is 8.61. The van der Waals surface area contributed by atoms with Crippen molar-refractivity contribution in [2.75, 3.05) is 5.32 Å². The van der Waals surface area contributed by atoms with Gasteiger partial charge < -0.3 is 14.8 Å². The maximum atomic E-state index is 8.99. The van der Waals surface area contributed by atoms with Crippen LogP contribution in [0.15, 0.2) is 40.8 Å². The van der Waals surface area contributed by atoms with E-state index in [9.17, 15) is 0 Å². The molecular weight excluding hydrogens is 226 g/mol. The Morgan fingerprint density at radius 3 is 2.81 bits per heavy atom. The SMILES string of the molecule is OCc1cccc(NCc2ccc(Cl)o2)c1. The summed E-state index contributed by atoms with van der Waals surface area (Å²) in [6.45, 7) is 0.615. The van der Waals surface area contributed by atoms with E-state index >= 15 is 0 Å². The van der Waals surface area contributed by atoms with Crippen molar-refractivity contribution in [1.29, 1.82) is 0 Å². The fourth-order valence-corrected chi connectivity index (χ4v) is 1.58. The molecule has 0 aliphatic rings. The summed E-state index contributed by atoms with van der Waals surface area (Å²) < 4.78 is 5.22. The summed E-state index contributed by atoms with van der Waals surface area (Å²) in [5, 5.41) is 12.6. The number of hydrogen-bond acceptors (Lipinski definition) is 3. The minimum absolute atomic E-state index is 0.0438. The first-order valence-electron chi connectivity index (χ1n) is 4.96. The lowest BCUT2D eigenvalue weighted by Gasteiger charge is -2.05. The van der Waals surface area contributed by atoms with Crippen LogP contribution in [0, 0.1) is 0 Å². The third-order valence-electron chi connectivity index (χ3n) is 2.21. The Bertz CT molecular complexity index is 468. The summed E-state index contributed by atoms with van der Waals surface area (Å²) >= 11 is 5.66. The van der Waals surface area contributed by atoms with Gasteiger partial charge in [-0.05, 0) is 41.4 Å². The molecule has 4 heteroatoms. The van der Waals surface area contributed by atoms with E-state index in [1.807, 2.05) is 30.3 Å². The van der Waals surface area contributed by atoms with E-state index in [4.69, 9.17) is 21.1 Å². The lowest BCUT2D eigenvalue weighted by molar-refractivity contribution is 0.282. The second-order valence-electron chi connectivity index (χ2n) is 3.42. The highest BCUT2D eigenvalue weighted by Gasteiger charge is 2.00. The van der Waals surface area contributed by atoms with Crippen LogP contribution < -0.4 is 5.32 Å². The van der Waals surface area contributed by atoms with Gasteiger partial charge >= 0.3 is 0 Å². The van der Waals surface area contributed by atoms with Crippen molar-refractivity contribution in [3.05, 3.63) is 52.9 Å². The Hall–Kier alpha value is -1.45. The van der Waals surface area contributed by atoms with Crippen LogP contribution >= 0.6 is 11.6 Å². The monoisotopic (exact) mass is 237 g/mol. The molecule has 0 aliphatic heterocycles. The number of benzene rings is 1. The highest BCUT2D eigenvalue weighted by Crippen LogP contribution is 2.16. The standard InChI is InChI=1S/C12H12ClNO2/c13-12-5-4-11(16-12)7-14-10-3-1-2-9(6-10)8-15/h1-6,14-15H,7-8H2. The van der Waals surface area contributed by atoms with Gasteiger partial charge in [0.1, 0.15) is 5.76 Å². The molecule has 16 heavy (non-hydrogen) atoms. The molecular formula is C12H12ClNO2. The number of halogens is 1. The lowest BCUT2D eigenvalue weighted by Crippen LogP contribution is -1.98. The topological polar surface area (TPSA) is 45.4 Å². The number of furan rings is 1. The van der Waals surface area contributed by atoms with Crippen molar-refractivity contribution in [3.63, 3.8) is 0 Å². The molecule has 0 unspecified atom stereocenters. The maximum absolute atomic E-state index is 8.99. The van der Waals surface area contributed by atoms with Crippen LogP contribution in [0.5, 0.6) is 0 Å². The van der Waals surface area contributed by atoms with Gasteiger partial charge in [-0.25, -0.2) is 0 Å². The number of anilines is 1. The quantitative estimate of drug-likeness (QED) is 0.859. The fourth-order valence-electron chi connectivity index (χ4n) is 1.42. The highest BCUT2D eigenvalue weighted by atomic mass is 35.5. The van der Waals surface area contributed by atoms with Crippen molar-refractivity contribution in [3.8, 4) is 0 Å². The zero-order chi connectivity index (χ0) is 11.4. The van der Waals surface area contributed by atoms with Gasteiger partial charge in [0.2, 0.25) is 0 Å². The molecule has 0 spiro atoms. The Morgan fingerprint density at radius 1 is 1.25 bits per heavy atom. The van der Waals surface area contributed by atoms with Crippen LogP contribution in [-0.2, 0) is 13.2 Å². The minimum Gasteiger partial charge on any atom is -0.448 e. The van der Waals surface area contributed by atoms with E-state index in [-0.39, 0.29) is 6.61 Å². The summed E-state index contributed by atoms with van der Waals surface area (Å²) in [7, 11) is 0. The average Bonchev–Trinajstić information content (AvgIpc) is 2.73. The van der Waals surface area contributed by atoms with Gasteiger partial charge in [0, 0.05) is 5.69 Å². The van der Waals surface area contributed by atoms with E-state index in [0.717, 1.165) is 17.0 Å². The van der Waals surface area contributed by atoms with Crippen LogP contribution in [0.25, 0.3) is 0 Å². The Kier molecular flexibility index (Phi) is 3.49. The normalized spacial score (nSPS) is 10.4. The molecule has 0 saturated carbocycles. The van der Waals surface area contributed by atoms with E-state index in [1.165, 1.54) is 0 Å². The third-order valence-corrected chi connectivity index (χ3v) is 2.41. The molecule has 84 valence electrons. The molecule has 1 heterocycles. The Labute approximate surface area is 98.7 Å². The van der Waals surface area contributed by atoms with Crippen molar-refractivity contribution in [2.24, 2.45) is 0 Å². The van der Waals surface area contributed by atoms with Crippen molar-refractivity contribution >= 4 is 17.3 Å². The Balaban J connectivity index is 1.99. The molecule has 0 atom stereocenters. The van der Waals surface area contributed by atoms with Gasteiger partial charge in [-0.2, -0.15) is 0 Å². The predicted molar refractivity (Wildman–Crippen MR) is 63.4 cm³/mol. The molecule has 1 aromatic heterocycles. The van der Waals surface area contributed by atoms with Gasteiger partial charge in [-0.1, -0.05) is 12.1 Å². The number of hydrogen-bond donors (Lipinski definition) is 2. The second-order valence-corrected chi connectivity index (χ2v) is 3.79. The minimum atomic E-state index is 0.0438. The first-order valence-corrected chi connectivity index (χ1v) is 5.33. The smallest absolute Gasteiger partial charge is 0.193 e. The first kappa shape index (κ1) is 11.0. The van der Waals surface area contributed by atoms with Crippen molar-refractivity contribution in [1.82, 2.24) is 0 Å². The third kappa shape index (κ3) is 2.78. The van der Waals surface area contributed by atoms with E-state index < -0.39 is 0 Å². The van der Waals surface area contributed by atoms with Crippen LogP contribution in [0.3, 0.4) is 0 Å². The molecule has 2 rings (SSSR count). The van der Waals surface area contributed by atoms with Crippen molar-refractivity contribution < 1.29 is 9.52 Å². The molecule has 2 aromatic rings. The summed E-state index contributed by atoms with van der Waals surface area (Å²) in [5.74, 6) is 0.777. The molecule has 1 aromatic carbocycles. The summed E-state index contributed by atoms with van der Waals surface area (Å²) in [6, 6.07) is 11.1. The predicted octanol–water partition coefficient (Wildman–Crippen LogP) is 3.04. The van der Waals surface area contributed by atoms with Crippen LogP contribution in [0.1, 0.15) is 11.3 Å². The van der Waals surface area contributed by atoms with Crippen LogP contribution in [0.4, 0.5) is 5.69 Å². The second kappa shape index (κ2) is 5.05. The average molecular weight is 238 g/mol. The number of rotatable bonds is 4. The van der Waals surface area contributed by atoms with Gasteiger partial charge in [0.05, 0.1) is 13.2 Å². The van der Waals surface area contributed by atoms with E-state index in [1.54, 1.807) is 6.07 Å². The Morgan fingerprint density at radius 2 is 2.12 bits per heavy atom. The molecule has 0 bridgehead atoms. The largest absolute Gasteiger partial charge is 0.448 e. The molecule has 0 amide bonds. The summed E-state index contributed by atoms with van der Waals surface area (Å²) in [4.78, 5) is 0. The molecule has 0 aliphatic carbocycles. The van der Waals surface area contributed by atoms with Crippen LogP contribution in [-0.4, -0.2) is 5.11 Å². The molecule has 0 radical (unpaired) electrons. The number of aliphatic hydroxyl groups excluding tert-OH is 1. The van der Waals surface area contributed by atoms with Gasteiger partial charge in [-0.3, -0.25) is 0 Å². The molecule has 3 nitrogen and oxygen atoms in total. The summed E-state index contributed by atoms with van der Waals surface area (Å²) in [5.41, 5.74) is 1.82. The van der Waals surface area contributed by atoms with E-state index in [0.29, 0.717) is 11.8 Å².